The minimum Gasteiger partial charge on any atom is -0.465 e. The Bertz CT molecular complexity index is 252. The van der Waals surface area contributed by atoms with Crippen molar-refractivity contribution in [2.24, 2.45) is 5.11 Å². The van der Waals surface area contributed by atoms with E-state index in [1.54, 1.807) is 6.92 Å². The molecule has 0 saturated carbocycles. The van der Waals surface area contributed by atoms with E-state index in [2.05, 4.69) is 22.3 Å². The fourth-order valence-electron chi connectivity index (χ4n) is 1.48. The zero-order chi connectivity index (χ0) is 12.9. The minimum absolute atomic E-state index is 0.218. The van der Waals surface area contributed by atoms with Crippen LogP contribution in [0.2, 0.25) is 0 Å². The van der Waals surface area contributed by atoms with Gasteiger partial charge in [0.25, 0.3) is 0 Å². The summed E-state index contributed by atoms with van der Waals surface area (Å²) in [4.78, 5) is 14.3. The van der Waals surface area contributed by atoms with Crippen LogP contribution in [0, 0.1) is 0 Å². The van der Waals surface area contributed by atoms with Crippen LogP contribution in [0.25, 0.3) is 10.4 Å². The summed E-state index contributed by atoms with van der Waals surface area (Å²) >= 11 is 0. The van der Waals surface area contributed by atoms with Crippen molar-refractivity contribution in [3.63, 3.8) is 0 Å². The second-order valence-electron chi connectivity index (χ2n) is 3.71. The highest BCUT2D eigenvalue weighted by Crippen LogP contribution is 2.05. The van der Waals surface area contributed by atoms with Crippen molar-refractivity contribution in [1.82, 2.24) is 5.32 Å². The second kappa shape index (κ2) is 11.2. The van der Waals surface area contributed by atoms with E-state index in [0.29, 0.717) is 19.7 Å². The minimum atomic E-state index is -0.282. The van der Waals surface area contributed by atoms with Crippen LogP contribution < -0.4 is 5.32 Å². The van der Waals surface area contributed by atoms with E-state index in [1.807, 2.05) is 0 Å². The topological polar surface area (TPSA) is 87.1 Å². The van der Waals surface area contributed by atoms with Crippen molar-refractivity contribution in [3.05, 3.63) is 10.4 Å². The Morgan fingerprint density at radius 3 is 2.82 bits per heavy atom. The lowest BCUT2D eigenvalue weighted by Gasteiger charge is -2.16. The molecule has 0 aromatic rings. The van der Waals surface area contributed by atoms with Crippen LogP contribution in [0.3, 0.4) is 0 Å². The first-order valence-corrected chi connectivity index (χ1v) is 6.17. The van der Waals surface area contributed by atoms with E-state index in [-0.39, 0.29) is 12.0 Å². The van der Waals surface area contributed by atoms with Gasteiger partial charge in [0.1, 0.15) is 6.04 Å². The van der Waals surface area contributed by atoms with Gasteiger partial charge >= 0.3 is 5.97 Å². The molecule has 17 heavy (non-hydrogen) atoms. The van der Waals surface area contributed by atoms with Crippen molar-refractivity contribution in [3.8, 4) is 0 Å². The molecule has 0 amide bonds. The third kappa shape index (κ3) is 8.54. The van der Waals surface area contributed by atoms with Crippen LogP contribution in [0.1, 0.15) is 39.5 Å². The molecule has 0 bridgehead atoms. The third-order valence-electron chi connectivity index (χ3n) is 2.33. The molecule has 0 aromatic heterocycles. The molecular formula is C11H22N4O2. The van der Waals surface area contributed by atoms with E-state index in [1.165, 1.54) is 0 Å². The van der Waals surface area contributed by atoms with Gasteiger partial charge in [-0.25, -0.2) is 0 Å². The summed E-state index contributed by atoms with van der Waals surface area (Å²) in [5.74, 6) is -0.218. The number of carbonyl (C=O) groups is 1. The van der Waals surface area contributed by atoms with Crippen LogP contribution in [0.15, 0.2) is 5.11 Å². The van der Waals surface area contributed by atoms with E-state index >= 15 is 0 Å². The highest BCUT2D eigenvalue weighted by molar-refractivity contribution is 5.75. The molecule has 0 aliphatic rings. The van der Waals surface area contributed by atoms with Crippen LogP contribution >= 0.6 is 0 Å². The summed E-state index contributed by atoms with van der Waals surface area (Å²) in [6, 6.07) is -0.282. The predicted molar refractivity (Wildman–Crippen MR) is 66.6 cm³/mol. The van der Waals surface area contributed by atoms with Gasteiger partial charge in [0, 0.05) is 18.0 Å². The molecule has 0 rings (SSSR count). The molecule has 1 N–H and O–H groups in total. The van der Waals surface area contributed by atoms with Crippen LogP contribution in [0.5, 0.6) is 0 Å². The molecule has 98 valence electrons. The Hall–Kier alpha value is -1.26. The van der Waals surface area contributed by atoms with Crippen molar-refractivity contribution in [2.75, 3.05) is 19.7 Å². The first-order valence-electron chi connectivity index (χ1n) is 6.17. The van der Waals surface area contributed by atoms with Gasteiger partial charge in [-0.3, -0.25) is 4.79 Å². The lowest BCUT2D eigenvalue weighted by molar-refractivity contribution is -0.145. The maximum absolute atomic E-state index is 11.6. The Labute approximate surface area is 102 Å². The monoisotopic (exact) mass is 242 g/mol. The Morgan fingerprint density at radius 1 is 1.47 bits per heavy atom. The molecule has 1 atom stereocenters. The van der Waals surface area contributed by atoms with Gasteiger partial charge in [-0.2, -0.15) is 0 Å². The van der Waals surface area contributed by atoms with Crippen molar-refractivity contribution >= 4 is 5.97 Å². The van der Waals surface area contributed by atoms with Crippen LogP contribution in [-0.2, 0) is 9.53 Å². The van der Waals surface area contributed by atoms with Crippen molar-refractivity contribution < 1.29 is 9.53 Å². The van der Waals surface area contributed by atoms with Gasteiger partial charge in [-0.05, 0) is 18.9 Å². The largest absolute Gasteiger partial charge is 0.465 e. The Morgan fingerprint density at radius 2 is 2.24 bits per heavy atom. The zero-order valence-electron chi connectivity index (χ0n) is 10.7. The van der Waals surface area contributed by atoms with Crippen LogP contribution in [-0.4, -0.2) is 31.7 Å². The number of nitrogens with one attached hydrogen (secondary N) is 1. The third-order valence-corrected chi connectivity index (χ3v) is 2.33. The molecule has 6 heteroatoms. The molecule has 0 heterocycles. The Balaban J connectivity index is 4.00. The lowest BCUT2D eigenvalue weighted by atomic mass is 10.1. The lowest BCUT2D eigenvalue weighted by Crippen LogP contribution is -2.39. The number of nitrogens with zero attached hydrogens (tertiary/aromatic N) is 3. The molecule has 6 nitrogen and oxygen atoms in total. The molecule has 0 radical (unpaired) electrons. The number of ether oxygens (including phenoxy) is 1. The second-order valence-corrected chi connectivity index (χ2v) is 3.71. The van der Waals surface area contributed by atoms with E-state index < -0.39 is 0 Å². The molecule has 0 aliphatic carbocycles. The van der Waals surface area contributed by atoms with Gasteiger partial charge < -0.3 is 10.1 Å². The maximum atomic E-state index is 11.6. The maximum Gasteiger partial charge on any atom is 0.323 e. The van der Waals surface area contributed by atoms with Crippen molar-refractivity contribution in [1.29, 1.82) is 0 Å². The summed E-state index contributed by atoms with van der Waals surface area (Å²) in [6.45, 7) is 5.15. The molecular weight excluding hydrogens is 220 g/mol. The fraction of sp³-hybridized carbons (Fsp3) is 0.909. The molecule has 0 fully saturated rings. The highest BCUT2D eigenvalue weighted by Gasteiger charge is 2.17. The summed E-state index contributed by atoms with van der Waals surface area (Å²) in [6.07, 6.45) is 3.99. The van der Waals surface area contributed by atoms with Crippen LogP contribution in [0.4, 0.5) is 0 Å². The summed E-state index contributed by atoms with van der Waals surface area (Å²) in [5.41, 5.74) is 8.14. The number of carbonyl (C=O) groups excluding carboxylic acids is 1. The van der Waals surface area contributed by atoms with Crippen molar-refractivity contribution in [2.45, 2.75) is 45.6 Å². The fourth-order valence-corrected chi connectivity index (χ4v) is 1.48. The number of hydrogen-bond acceptors (Lipinski definition) is 4. The summed E-state index contributed by atoms with van der Waals surface area (Å²) in [7, 11) is 0. The van der Waals surface area contributed by atoms with Gasteiger partial charge in [0.05, 0.1) is 6.61 Å². The zero-order valence-corrected chi connectivity index (χ0v) is 10.7. The van der Waals surface area contributed by atoms with E-state index in [0.717, 1.165) is 25.7 Å². The summed E-state index contributed by atoms with van der Waals surface area (Å²) < 4.78 is 4.99. The SMILES string of the molecule is CCCCCC(NCCN=[N+]=[N-])C(=O)OCC. The number of hydrogen-bond donors (Lipinski definition) is 1. The number of rotatable bonds is 10. The number of azide groups is 1. The van der Waals surface area contributed by atoms with E-state index in [4.69, 9.17) is 10.3 Å². The normalized spacial score (nSPS) is 11.6. The number of unbranched alkanes of at least 4 members (excludes halogenated alkanes) is 2. The summed E-state index contributed by atoms with van der Waals surface area (Å²) in [5, 5.41) is 6.47. The molecule has 0 aromatic carbocycles. The predicted octanol–water partition coefficient (Wildman–Crippen LogP) is 2.40. The average Bonchev–Trinajstić information content (AvgIpc) is 2.32. The smallest absolute Gasteiger partial charge is 0.323 e. The average molecular weight is 242 g/mol. The van der Waals surface area contributed by atoms with E-state index in [9.17, 15) is 4.79 Å². The molecule has 0 saturated heterocycles. The molecule has 0 aliphatic heterocycles. The first kappa shape index (κ1) is 15.7. The number of esters is 1. The van der Waals surface area contributed by atoms with Gasteiger partial charge in [0.2, 0.25) is 0 Å². The Kier molecular flexibility index (Phi) is 10.4. The first-order chi connectivity index (χ1) is 8.26. The quantitative estimate of drug-likeness (QED) is 0.210. The van der Waals surface area contributed by atoms with Gasteiger partial charge in [-0.1, -0.05) is 31.3 Å². The molecule has 0 spiro atoms. The van der Waals surface area contributed by atoms with Gasteiger partial charge in [0.15, 0.2) is 0 Å². The standard InChI is InChI=1S/C11H22N4O2/c1-3-5-6-7-10(11(16)17-4-2)13-8-9-14-15-12/h10,13H,3-9H2,1-2H3. The van der Waals surface area contributed by atoms with Gasteiger partial charge in [-0.15, -0.1) is 0 Å². The highest BCUT2D eigenvalue weighted by atomic mass is 16.5. The molecule has 1 unspecified atom stereocenters.